The number of rotatable bonds is 6. The van der Waals surface area contributed by atoms with E-state index in [2.05, 4.69) is 10.1 Å². The molecule has 6 nitrogen and oxygen atoms in total. The van der Waals surface area contributed by atoms with E-state index in [0.717, 1.165) is 5.56 Å². The third-order valence-corrected chi connectivity index (χ3v) is 4.41. The number of carbonyl (C=O) groups is 3. The standard InChI is InChI=1S/C20H21ClN2O4/c1-13-4-9-17(12-18(13)21)23(14(2)24)11-10-19(25)22-16-7-5-15(6-8-16)20(26)27-3/h4-9,12H,10-11H2,1-3H3,(H,22,25). The molecule has 142 valence electrons. The number of aryl methyl sites for hydroxylation is 1. The van der Waals surface area contributed by atoms with E-state index >= 15 is 0 Å². The van der Waals surface area contributed by atoms with Crippen molar-refractivity contribution < 1.29 is 19.1 Å². The monoisotopic (exact) mass is 388 g/mol. The molecule has 0 aliphatic rings. The fourth-order valence-electron chi connectivity index (χ4n) is 2.46. The minimum Gasteiger partial charge on any atom is -0.465 e. The van der Waals surface area contributed by atoms with Crippen molar-refractivity contribution in [3.05, 3.63) is 58.6 Å². The van der Waals surface area contributed by atoms with Gasteiger partial charge in [0, 0.05) is 36.3 Å². The molecule has 0 atom stereocenters. The number of ether oxygens (including phenoxy) is 1. The maximum Gasteiger partial charge on any atom is 0.337 e. The number of anilines is 2. The number of hydrogen-bond donors (Lipinski definition) is 1. The Morgan fingerprint density at radius 1 is 1.11 bits per heavy atom. The van der Waals surface area contributed by atoms with Gasteiger partial charge >= 0.3 is 5.97 Å². The number of nitrogens with one attached hydrogen (secondary N) is 1. The van der Waals surface area contributed by atoms with Gasteiger partial charge in [0.1, 0.15) is 0 Å². The maximum absolute atomic E-state index is 12.2. The average Bonchev–Trinajstić information content (AvgIpc) is 2.64. The van der Waals surface area contributed by atoms with Crippen LogP contribution in [0, 0.1) is 6.92 Å². The molecule has 0 bridgehead atoms. The Hall–Kier alpha value is -2.86. The van der Waals surface area contributed by atoms with Crippen LogP contribution in [0.2, 0.25) is 5.02 Å². The zero-order valence-corrected chi connectivity index (χ0v) is 16.2. The van der Waals surface area contributed by atoms with Crippen molar-refractivity contribution in [2.24, 2.45) is 0 Å². The van der Waals surface area contributed by atoms with Gasteiger partial charge in [0.2, 0.25) is 11.8 Å². The summed E-state index contributed by atoms with van der Waals surface area (Å²) < 4.78 is 4.63. The van der Waals surface area contributed by atoms with Gasteiger partial charge in [-0.2, -0.15) is 0 Å². The molecule has 0 aliphatic carbocycles. The van der Waals surface area contributed by atoms with Crippen LogP contribution in [0.25, 0.3) is 0 Å². The van der Waals surface area contributed by atoms with E-state index in [1.165, 1.54) is 18.9 Å². The quantitative estimate of drug-likeness (QED) is 0.763. The fraction of sp³-hybridized carbons (Fsp3) is 0.250. The van der Waals surface area contributed by atoms with E-state index in [9.17, 15) is 14.4 Å². The minimum absolute atomic E-state index is 0.115. The molecule has 0 radical (unpaired) electrons. The number of carbonyl (C=O) groups excluding carboxylic acids is 3. The molecule has 2 amide bonds. The summed E-state index contributed by atoms with van der Waals surface area (Å²) in [5.41, 5.74) is 2.51. The summed E-state index contributed by atoms with van der Waals surface area (Å²) in [7, 11) is 1.31. The lowest BCUT2D eigenvalue weighted by Gasteiger charge is -2.21. The molecule has 1 N–H and O–H groups in total. The summed E-state index contributed by atoms with van der Waals surface area (Å²) in [6, 6.07) is 11.7. The van der Waals surface area contributed by atoms with Crippen LogP contribution >= 0.6 is 11.6 Å². The van der Waals surface area contributed by atoms with Crippen LogP contribution < -0.4 is 10.2 Å². The molecule has 0 fully saturated rings. The number of benzene rings is 2. The maximum atomic E-state index is 12.2. The van der Waals surface area contributed by atoms with Crippen LogP contribution in [0.4, 0.5) is 11.4 Å². The molecule has 2 aromatic rings. The van der Waals surface area contributed by atoms with Gasteiger partial charge in [-0.25, -0.2) is 4.79 Å². The average molecular weight is 389 g/mol. The smallest absolute Gasteiger partial charge is 0.337 e. The highest BCUT2D eigenvalue weighted by molar-refractivity contribution is 6.31. The molecule has 0 saturated carbocycles. The highest BCUT2D eigenvalue weighted by atomic mass is 35.5. The van der Waals surface area contributed by atoms with Gasteiger partial charge in [0.05, 0.1) is 12.7 Å². The number of halogens is 1. The Balaban J connectivity index is 1.98. The van der Waals surface area contributed by atoms with Gasteiger partial charge in [0.25, 0.3) is 0 Å². The molecule has 2 rings (SSSR count). The summed E-state index contributed by atoms with van der Waals surface area (Å²) in [6.07, 6.45) is 0.115. The van der Waals surface area contributed by atoms with Crippen LogP contribution in [0.5, 0.6) is 0 Å². The first-order valence-electron chi connectivity index (χ1n) is 8.34. The van der Waals surface area contributed by atoms with Crippen LogP contribution in [-0.4, -0.2) is 31.4 Å². The van der Waals surface area contributed by atoms with Crippen LogP contribution in [0.15, 0.2) is 42.5 Å². The molecule has 0 unspecified atom stereocenters. The molecule has 2 aromatic carbocycles. The van der Waals surface area contributed by atoms with Crippen molar-refractivity contribution in [3.8, 4) is 0 Å². The zero-order chi connectivity index (χ0) is 20.0. The Morgan fingerprint density at radius 2 is 1.78 bits per heavy atom. The number of amides is 2. The molecule has 0 aromatic heterocycles. The first-order chi connectivity index (χ1) is 12.8. The van der Waals surface area contributed by atoms with Crippen molar-refractivity contribution in [2.45, 2.75) is 20.3 Å². The van der Waals surface area contributed by atoms with Crippen LogP contribution in [0.3, 0.4) is 0 Å². The third-order valence-electron chi connectivity index (χ3n) is 4.00. The van der Waals surface area contributed by atoms with Gasteiger partial charge in [0.15, 0.2) is 0 Å². The van der Waals surface area contributed by atoms with Gasteiger partial charge in [-0.1, -0.05) is 17.7 Å². The van der Waals surface area contributed by atoms with Crippen LogP contribution in [-0.2, 0) is 14.3 Å². The highest BCUT2D eigenvalue weighted by Gasteiger charge is 2.15. The van der Waals surface area contributed by atoms with Crippen molar-refractivity contribution in [3.63, 3.8) is 0 Å². The summed E-state index contributed by atoms with van der Waals surface area (Å²) in [4.78, 5) is 37.1. The number of esters is 1. The summed E-state index contributed by atoms with van der Waals surface area (Å²) in [5, 5.41) is 3.30. The summed E-state index contributed by atoms with van der Waals surface area (Å²) in [6.45, 7) is 3.54. The van der Waals surface area contributed by atoms with E-state index in [0.29, 0.717) is 22.0 Å². The van der Waals surface area contributed by atoms with Crippen molar-refractivity contribution in [1.29, 1.82) is 0 Å². The van der Waals surface area contributed by atoms with E-state index in [4.69, 9.17) is 11.6 Å². The number of methoxy groups -OCH3 is 1. The molecule has 0 spiro atoms. The van der Waals surface area contributed by atoms with Gasteiger partial charge in [-0.05, 0) is 48.9 Å². The van der Waals surface area contributed by atoms with Gasteiger partial charge < -0.3 is 15.0 Å². The Kier molecular flexibility index (Phi) is 6.96. The van der Waals surface area contributed by atoms with E-state index in [1.54, 1.807) is 36.4 Å². The lowest BCUT2D eigenvalue weighted by atomic mass is 10.2. The van der Waals surface area contributed by atoms with Crippen molar-refractivity contribution >= 4 is 40.8 Å². The molecule has 0 heterocycles. The fourth-order valence-corrected chi connectivity index (χ4v) is 2.64. The summed E-state index contributed by atoms with van der Waals surface area (Å²) in [5.74, 6) is -0.864. The zero-order valence-electron chi connectivity index (χ0n) is 15.4. The molecule has 0 aliphatic heterocycles. The predicted molar refractivity (Wildman–Crippen MR) is 105 cm³/mol. The lowest BCUT2D eigenvalue weighted by molar-refractivity contribution is -0.117. The molecule has 7 heteroatoms. The second-order valence-corrected chi connectivity index (χ2v) is 6.38. The predicted octanol–water partition coefficient (Wildman–Crippen LogP) is 3.82. The molecular formula is C20H21ClN2O4. The molecular weight excluding hydrogens is 368 g/mol. The second kappa shape index (κ2) is 9.19. The van der Waals surface area contributed by atoms with E-state index < -0.39 is 5.97 Å². The SMILES string of the molecule is COC(=O)c1ccc(NC(=O)CCN(C(C)=O)c2ccc(C)c(Cl)c2)cc1. The molecule has 27 heavy (non-hydrogen) atoms. The number of hydrogen-bond acceptors (Lipinski definition) is 4. The van der Waals surface area contributed by atoms with Crippen molar-refractivity contribution in [1.82, 2.24) is 0 Å². The first-order valence-corrected chi connectivity index (χ1v) is 8.72. The highest BCUT2D eigenvalue weighted by Crippen LogP contribution is 2.23. The first kappa shape index (κ1) is 20.5. The Bertz CT molecular complexity index is 850. The second-order valence-electron chi connectivity index (χ2n) is 5.97. The van der Waals surface area contributed by atoms with Gasteiger partial charge in [-0.15, -0.1) is 0 Å². The van der Waals surface area contributed by atoms with Crippen LogP contribution in [0.1, 0.15) is 29.3 Å². The van der Waals surface area contributed by atoms with E-state index in [-0.39, 0.29) is 24.8 Å². The topological polar surface area (TPSA) is 75.7 Å². The summed E-state index contributed by atoms with van der Waals surface area (Å²) >= 11 is 6.13. The Morgan fingerprint density at radius 3 is 2.33 bits per heavy atom. The lowest BCUT2D eigenvalue weighted by Crippen LogP contribution is -2.32. The Labute approximate surface area is 163 Å². The molecule has 0 saturated heterocycles. The third kappa shape index (κ3) is 5.56. The normalized spacial score (nSPS) is 10.2. The van der Waals surface area contributed by atoms with Gasteiger partial charge in [-0.3, -0.25) is 9.59 Å². The van der Waals surface area contributed by atoms with Crippen molar-refractivity contribution in [2.75, 3.05) is 23.9 Å². The van der Waals surface area contributed by atoms with E-state index in [1.807, 2.05) is 13.0 Å². The largest absolute Gasteiger partial charge is 0.465 e. The minimum atomic E-state index is -0.443. The number of nitrogens with zero attached hydrogens (tertiary/aromatic N) is 1.